The third-order valence-electron chi connectivity index (χ3n) is 7.41. The summed E-state index contributed by atoms with van der Waals surface area (Å²) in [4.78, 5) is 14.1. The minimum absolute atomic E-state index is 0.0320. The zero-order chi connectivity index (χ0) is 25.1. The number of anilines is 1. The lowest BCUT2D eigenvalue weighted by Crippen LogP contribution is -2.54. The molecule has 0 radical (unpaired) electrons. The summed E-state index contributed by atoms with van der Waals surface area (Å²) in [7, 11) is 0. The molecule has 186 valence electrons. The van der Waals surface area contributed by atoms with E-state index in [2.05, 4.69) is 57.8 Å². The molecule has 1 aromatic heterocycles. The van der Waals surface area contributed by atoms with Gasteiger partial charge >= 0.3 is 0 Å². The quantitative estimate of drug-likeness (QED) is 0.469. The highest BCUT2D eigenvalue weighted by molar-refractivity contribution is 5.97. The molecule has 2 heterocycles. The van der Waals surface area contributed by atoms with Crippen LogP contribution in [0, 0.1) is 17.2 Å². The second kappa shape index (κ2) is 10.1. The summed E-state index contributed by atoms with van der Waals surface area (Å²) in [6.45, 7) is 2.12. The minimum Gasteiger partial charge on any atom is -0.368 e. The molecule has 2 aromatic carbocycles. The normalized spacial score (nSPS) is 22.2. The Morgan fingerprint density at radius 2 is 1.89 bits per heavy atom. The highest BCUT2D eigenvalue weighted by atomic mass is 19.1. The molecule has 1 saturated carbocycles. The van der Waals surface area contributed by atoms with Gasteiger partial charge in [0, 0.05) is 32.4 Å². The lowest BCUT2D eigenvalue weighted by Gasteiger charge is -2.43. The van der Waals surface area contributed by atoms with Gasteiger partial charge in [0.25, 0.3) is 5.91 Å². The molecule has 0 spiro atoms. The summed E-state index contributed by atoms with van der Waals surface area (Å²) >= 11 is 0. The van der Waals surface area contributed by atoms with E-state index in [4.69, 9.17) is 5.73 Å². The number of rotatable bonds is 9. The van der Waals surface area contributed by atoms with E-state index in [0.29, 0.717) is 37.8 Å². The van der Waals surface area contributed by atoms with Crippen molar-refractivity contribution in [2.75, 3.05) is 25.0 Å². The lowest BCUT2D eigenvalue weighted by molar-refractivity contribution is 0.00694. The van der Waals surface area contributed by atoms with Gasteiger partial charge in [-0.3, -0.25) is 14.4 Å². The van der Waals surface area contributed by atoms with Crippen LogP contribution in [0.5, 0.6) is 0 Å². The van der Waals surface area contributed by atoms with Crippen LogP contribution in [0.3, 0.4) is 0 Å². The van der Waals surface area contributed by atoms with Crippen molar-refractivity contribution in [3.05, 3.63) is 71.9 Å². The standard InChI is InChI=1S/C28H31FN6O/c29-25-19-34(17-21-8-10-23(11-9-21)22-4-2-1-3-5-22)15-13-28(25,12-14-30)35-18-24(26(31)36)27(33-35)32-16-20-6-7-20/h1-5,8-11,18,20,25H,6-7,12-13,15-17,19H2,(H2,31,36)(H,32,33)/t25-,28+/m1/s1. The number of alkyl halides is 1. The molecule has 1 amide bonds. The van der Waals surface area contributed by atoms with Gasteiger partial charge in [-0.05, 0) is 41.9 Å². The van der Waals surface area contributed by atoms with Crippen molar-refractivity contribution in [1.82, 2.24) is 14.7 Å². The summed E-state index contributed by atoms with van der Waals surface area (Å²) in [5, 5.41) is 17.3. The van der Waals surface area contributed by atoms with E-state index in [0.717, 1.165) is 29.5 Å². The predicted octanol–water partition coefficient (Wildman–Crippen LogP) is 4.32. The summed E-state index contributed by atoms with van der Waals surface area (Å²) < 4.78 is 17.4. The van der Waals surface area contributed by atoms with Crippen LogP contribution in [0.25, 0.3) is 11.1 Å². The second-order valence-electron chi connectivity index (χ2n) is 9.98. The topological polar surface area (TPSA) is 100.0 Å². The Labute approximate surface area is 210 Å². The first-order chi connectivity index (χ1) is 17.5. The Bertz CT molecular complexity index is 1250. The number of halogens is 1. The fourth-order valence-electron chi connectivity index (χ4n) is 4.98. The first-order valence-electron chi connectivity index (χ1n) is 12.5. The van der Waals surface area contributed by atoms with Crippen molar-refractivity contribution in [1.29, 1.82) is 5.26 Å². The van der Waals surface area contributed by atoms with Crippen LogP contribution in [-0.4, -0.2) is 46.4 Å². The maximum atomic E-state index is 15.9. The van der Waals surface area contributed by atoms with Gasteiger partial charge < -0.3 is 11.1 Å². The number of carbonyl (C=O) groups excluding carboxylic acids is 1. The van der Waals surface area contributed by atoms with Crippen LogP contribution in [0.4, 0.5) is 10.2 Å². The summed E-state index contributed by atoms with van der Waals surface area (Å²) in [5.41, 5.74) is 8.10. The lowest BCUT2D eigenvalue weighted by atomic mass is 9.83. The van der Waals surface area contributed by atoms with Crippen molar-refractivity contribution in [2.45, 2.75) is 43.9 Å². The summed E-state index contributed by atoms with van der Waals surface area (Å²) in [6, 6.07) is 20.7. The molecule has 1 saturated heterocycles. The van der Waals surface area contributed by atoms with E-state index in [-0.39, 0.29) is 18.5 Å². The zero-order valence-corrected chi connectivity index (χ0v) is 20.2. The van der Waals surface area contributed by atoms with E-state index in [1.165, 1.54) is 10.9 Å². The molecule has 2 atom stereocenters. The van der Waals surface area contributed by atoms with Gasteiger partial charge in [0.2, 0.25) is 0 Å². The molecule has 36 heavy (non-hydrogen) atoms. The van der Waals surface area contributed by atoms with Crippen LogP contribution >= 0.6 is 0 Å². The number of primary amides is 1. The SMILES string of the molecule is N#CC[C@]1(n2cc(C(N)=O)c(NCC3CC3)n2)CCN(Cc2ccc(-c3ccccc3)cc2)C[C@H]1F. The molecule has 0 unspecified atom stereocenters. The Morgan fingerprint density at radius 3 is 2.53 bits per heavy atom. The van der Waals surface area contributed by atoms with E-state index in [9.17, 15) is 10.1 Å². The molecule has 1 aliphatic heterocycles. The van der Waals surface area contributed by atoms with Crippen LogP contribution < -0.4 is 11.1 Å². The number of nitrogens with one attached hydrogen (secondary N) is 1. The Kier molecular flexibility index (Phi) is 6.75. The van der Waals surface area contributed by atoms with Crippen LogP contribution in [0.1, 0.15) is 41.6 Å². The highest BCUT2D eigenvalue weighted by Crippen LogP contribution is 2.37. The van der Waals surface area contributed by atoms with E-state index < -0.39 is 17.6 Å². The summed E-state index contributed by atoms with van der Waals surface area (Å²) in [5.74, 6) is 0.334. The number of nitrogens with two attached hydrogens (primary N) is 1. The number of nitrogens with zero attached hydrogens (tertiary/aromatic N) is 4. The predicted molar refractivity (Wildman–Crippen MR) is 137 cm³/mol. The smallest absolute Gasteiger partial charge is 0.254 e. The van der Waals surface area contributed by atoms with Crippen molar-refractivity contribution >= 4 is 11.7 Å². The number of carbonyl (C=O) groups is 1. The van der Waals surface area contributed by atoms with E-state index in [1.54, 1.807) is 0 Å². The average molecular weight is 487 g/mol. The number of benzene rings is 2. The monoisotopic (exact) mass is 486 g/mol. The molecule has 3 N–H and O–H groups in total. The van der Waals surface area contributed by atoms with Gasteiger partial charge in [-0.25, -0.2) is 4.39 Å². The molecule has 3 aromatic rings. The molecule has 1 aliphatic carbocycles. The molecule has 7 nitrogen and oxygen atoms in total. The number of piperidine rings is 1. The Balaban J connectivity index is 1.30. The van der Waals surface area contributed by atoms with E-state index >= 15 is 4.39 Å². The number of likely N-dealkylation sites (tertiary alicyclic amines) is 1. The fraction of sp³-hybridized carbons (Fsp3) is 0.393. The number of aromatic nitrogens is 2. The second-order valence-corrected chi connectivity index (χ2v) is 9.98. The third-order valence-corrected chi connectivity index (χ3v) is 7.41. The number of nitriles is 1. The molecule has 5 rings (SSSR count). The van der Waals surface area contributed by atoms with Gasteiger partial charge in [0.05, 0.1) is 12.5 Å². The van der Waals surface area contributed by atoms with Gasteiger partial charge in [-0.1, -0.05) is 54.6 Å². The van der Waals surface area contributed by atoms with Gasteiger partial charge in [0.1, 0.15) is 17.3 Å². The van der Waals surface area contributed by atoms with Crippen LogP contribution in [0.2, 0.25) is 0 Å². The zero-order valence-electron chi connectivity index (χ0n) is 20.2. The van der Waals surface area contributed by atoms with Gasteiger partial charge in [-0.2, -0.15) is 10.4 Å². The average Bonchev–Trinajstić information content (AvgIpc) is 3.62. The largest absolute Gasteiger partial charge is 0.368 e. The molecule has 0 bridgehead atoms. The van der Waals surface area contributed by atoms with Gasteiger partial charge in [-0.15, -0.1) is 0 Å². The van der Waals surface area contributed by atoms with Crippen molar-refractivity contribution in [2.24, 2.45) is 11.7 Å². The first-order valence-corrected chi connectivity index (χ1v) is 12.5. The van der Waals surface area contributed by atoms with Gasteiger partial charge in [0.15, 0.2) is 5.82 Å². The number of amides is 1. The molecular weight excluding hydrogens is 455 g/mol. The maximum Gasteiger partial charge on any atom is 0.254 e. The Hall–Kier alpha value is -3.70. The first kappa shape index (κ1) is 24.0. The Morgan fingerprint density at radius 1 is 1.17 bits per heavy atom. The number of hydrogen-bond donors (Lipinski definition) is 2. The van der Waals surface area contributed by atoms with Crippen molar-refractivity contribution in [3.8, 4) is 17.2 Å². The third kappa shape index (κ3) is 4.98. The molecular formula is C28H31FN6O. The highest BCUT2D eigenvalue weighted by Gasteiger charge is 2.46. The van der Waals surface area contributed by atoms with Crippen LogP contribution in [-0.2, 0) is 12.1 Å². The maximum absolute atomic E-state index is 15.9. The molecule has 8 heteroatoms. The van der Waals surface area contributed by atoms with Crippen molar-refractivity contribution < 1.29 is 9.18 Å². The van der Waals surface area contributed by atoms with Crippen LogP contribution in [0.15, 0.2) is 60.8 Å². The minimum atomic E-state index is -1.33. The number of hydrogen-bond acceptors (Lipinski definition) is 5. The molecule has 2 fully saturated rings. The van der Waals surface area contributed by atoms with E-state index in [1.807, 2.05) is 18.2 Å². The van der Waals surface area contributed by atoms with Crippen molar-refractivity contribution in [3.63, 3.8) is 0 Å². The molecule has 2 aliphatic rings. The fourth-order valence-corrected chi connectivity index (χ4v) is 4.98. The summed E-state index contributed by atoms with van der Waals surface area (Å²) in [6.07, 6.45) is 2.86.